The molecule has 1 fully saturated rings. The summed E-state index contributed by atoms with van der Waals surface area (Å²) in [6, 6.07) is 9.08. The van der Waals surface area contributed by atoms with Gasteiger partial charge in [0.05, 0.1) is 23.5 Å². The molecule has 1 unspecified atom stereocenters. The monoisotopic (exact) mass is 395 g/mol. The van der Waals surface area contributed by atoms with E-state index >= 15 is 0 Å². The van der Waals surface area contributed by atoms with Crippen molar-refractivity contribution in [2.45, 2.75) is 25.8 Å². The zero-order valence-corrected chi connectivity index (χ0v) is 16.5. The van der Waals surface area contributed by atoms with Crippen LogP contribution in [0.1, 0.15) is 41.7 Å². The van der Waals surface area contributed by atoms with Crippen molar-refractivity contribution in [2.75, 3.05) is 24.2 Å². The number of piperidine rings is 1. The van der Waals surface area contributed by atoms with Crippen LogP contribution in [0.5, 0.6) is 0 Å². The van der Waals surface area contributed by atoms with E-state index in [-0.39, 0.29) is 17.3 Å². The highest BCUT2D eigenvalue weighted by Gasteiger charge is 2.34. The van der Waals surface area contributed by atoms with Crippen LogP contribution in [-0.4, -0.2) is 41.2 Å². The number of pyridine rings is 1. The second-order valence-electron chi connectivity index (χ2n) is 7.31. The van der Waals surface area contributed by atoms with Crippen LogP contribution in [0.25, 0.3) is 0 Å². The Hall–Kier alpha value is -3.42. The van der Waals surface area contributed by atoms with Gasteiger partial charge >= 0.3 is 11.8 Å². The third-order valence-electron chi connectivity index (χ3n) is 5.11. The van der Waals surface area contributed by atoms with Crippen LogP contribution >= 0.6 is 0 Å². The van der Waals surface area contributed by atoms with Crippen LogP contribution in [0.2, 0.25) is 0 Å². The molecule has 0 saturated carbocycles. The van der Waals surface area contributed by atoms with Crippen molar-refractivity contribution in [1.82, 2.24) is 9.88 Å². The van der Waals surface area contributed by atoms with Gasteiger partial charge in [-0.25, -0.2) is 0 Å². The SMILES string of the molecule is CNc1cccc(C2CC[C@H](C)CN2C(=O)C(=O)Nc2cncc(C(N)=O)c2)c1. The van der Waals surface area contributed by atoms with Gasteiger partial charge in [0.2, 0.25) is 5.91 Å². The van der Waals surface area contributed by atoms with Crippen molar-refractivity contribution < 1.29 is 14.4 Å². The maximum atomic E-state index is 13.0. The molecule has 8 nitrogen and oxygen atoms in total. The molecule has 1 aromatic heterocycles. The lowest BCUT2D eigenvalue weighted by Crippen LogP contribution is -2.46. The Labute approximate surface area is 169 Å². The number of rotatable bonds is 4. The Morgan fingerprint density at radius 2 is 1.93 bits per heavy atom. The Kier molecular flexibility index (Phi) is 6.11. The minimum Gasteiger partial charge on any atom is -0.388 e. The first-order valence-corrected chi connectivity index (χ1v) is 9.53. The number of anilines is 2. The lowest BCUT2D eigenvalue weighted by atomic mass is 9.89. The van der Waals surface area contributed by atoms with E-state index in [1.165, 1.54) is 18.5 Å². The number of carbonyl (C=O) groups excluding carboxylic acids is 3. The van der Waals surface area contributed by atoms with E-state index in [4.69, 9.17) is 5.73 Å². The largest absolute Gasteiger partial charge is 0.388 e. The first-order chi connectivity index (χ1) is 13.9. The number of nitrogens with two attached hydrogens (primary N) is 1. The highest BCUT2D eigenvalue weighted by Crippen LogP contribution is 2.34. The Morgan fingerprint density at radius 1 is 1.14 bits per heavy atom. The van der Waals surface area contributed by atoms with Crippen LogP contribution in [0.15, 0.2) is 42.7 Å². The van der Waals surface area contributed by atoms with Gasteiger partial charge in [-0.05, 0) is 42.5 Å². The van der Waals surface area contributed by atoms with Crippen molar-refractivity contribution in [2.24, 2.45) is 11.7 Å². The number of likely N-dealkylation sites (tertiary alicyclic amines) is 1. The predicted octanol–water partition coefficient (Wildman–Crippen LogP) is 2.16. The van der Waals surface area contributed by atoms with E-state index < -0.39 is 17.7 Å². The van der Waals surface area contributed by atoms with Crippen LogP contribution in [0.4, 0.5) is 11.4 Å². The Morgan fingerprint density at radius 3 is 2.66 bits per heavy atom. The maximum Gasteiger partial charge on any atom is 0.313 e. The molecule has 0 spiro atoms. The number of carbonyl (C=O) groups is 3. The summed E-state index contributed by atoms with van der Waals surface area (Å²) in [5, 5.41) is 5.63. The van der Waals surface area contributed by atoms with Gasteiger partial charge in [-0.15, -0.1) is 0 Å². The number of primary amides is 1. The Balaban J connectivity index is 1.81. The molecule has 3 amide bonds. The second kappa shape index (κ2) is 8.72. The van der Waals surface area contributed by atoms with Gasteiger partial charge in [-0.1, -0.05) is 19.1 Å². The van der Waals surface area contributed by atoms with E-state index in [0.717, 1.165) is 24.1 Å². The molecule has 1 aliphatic rings. The van der Waals surface area contributed by atoms with Crippen molar-refractivity contribution in [3.8, 4) is 0 Å². The molecule has 2 heterocycles. The maximum absolute atomic E-state index is 13.0. The average molecular weight is 395 g/mol. The molecule has 1 saturated heterocycles. The summed E-state index contributed by atoms with van der Waals surface area (Å²) < 4.78 is 0. The highest BCUT2D eigenvalue weighted by atomic mass is 16.2. The summed E-state index contributed by atoms with van der Waals surface area (Å²) >= 11 is 0. The number of benzene rings is 1. The molecule has 3 rings (SSSR count). The molecule has 2 aromatic rings. The van der Waals surface area contributed by atoms with Crippen LogP contribution < -0.4 is 16.4 Å². The molecule has 8 heteroatoms. The van der Waals surface area contributed by atoms with E-state index in [0.29, 0.717) is 12.5 Å². The van der Waals surface area contributed by atoms with Crippen LogP contribution in [0.3, 0.4) is 0 Å². The lowest BCUT2D eigenvalue weighted by Gasteiger charge is -2.38. The number of amides is 3. The van der Waals surface area contributed by atoms with E-state index in [9.17, 15) is 14.4 Å². The minimum absolute atomic E-state index is 0.156. The number of nitrogens with one attached hydrogen (secondary N) is 2. The van der Waals surface area contributed by atoms with Gasteiger partial charge in [0.25, 0.3) is 0 Å². The normalized spacial score (nSPS) is 18.8. The quantitative estimate of drug-likeness (QED) is 0.686. The topological polar surface area (TPSA) is 117 Å². The van der Waals surface area contributed by atoms with Crippen molar-refractivity contribution >= 4 is 29.1 Å². The molecule has 1 aromatic carbocycles. The van der Waals surface area contributed by atoms with Crippen LogP contribution in [0, 0.1) is 5.92 Å². The van der Waals surface area contributed by atoms with Gasteiger partial charge in [0.1, 0.15) is 0 Å². The summed E-state index contributed by atoms with van der Waals surface area (Å²) in [4.78, 5) is 42.4. The number of hydrogen-bond donors (Lipinski definition) is 3. The molecule has 1 aliphatic heterocycles. The zero-order chi connectivity index (χ0) is 21.0. The Bertz CT molecular complexity index is 930. The molecule has 4 N–H and O–H groups in total. The fraction of sp³-hybridized carbons (Fsp3) is 0.333. The fourth-order valence-corrected chi connectivity index (χ4v) is 3.58. The minimum atomic E-state index is -0.766. The number of aromatic nitrogens is 1. The second-order valence-corrected chi connectivity index (χ2v) is 7.31. The van der Waals surface area contributed by atoms with Crippen molar-refractivity contribution in [3.05, 3.63) is 53.9 Å². The number of hydrogen-bond acceptors (Lipinski definition) is 5. The summed E-state index contributed by atoms with van der Waals surface area (Å²) in [5.41, 5.74) is 7.58. The van der Waals surface area contributed by atoms with Gasteiger partial charge < -0.3 is 21.3 Å². The third-order valence-corrected chi connectivity index (χ3v) is 5.11. The van der Waals surface area contributed by atoms with Gasteiger partial charge in [-0.2, -0.15) is 0 Å². The predicted molar refractivity (Wildman–Crippen MR) is 110 cm³/mol. The lowest BCUT2D eigenvalue weighted by molar-refractivity contribution is -0.146. The summed E-state index contributed by atoms with van der Waals surface area (Å²) in [7, 11) is 1.84. The first-order valence-electron chi connectivity index (χ1n) is 9.53. The van der Waals surface area contributed by atoms with E-state index in [2.05, 4.69) is 22.5 Å². The smallest absolute Gasteiger partial charge is 0.313 e. The molecular weight excluding hydrogens is 370 g/mol. The summed E-state index contributed by atoms with van der Waals surface area (Å²) in [6.45, 7) is 2.57. The third kappa shape index (κ3) is 4.71. The van der Waals surface area contributed by atoms with Crippen LogP contribution in [-0.2, 0) is 9.59 Å². The molecule has 2 atom stereocenters. The van der Waals surface area contributed by atoms with Gasteiger partial charge in [-0.3, -0.25) is 19.4 Å². The van der Waals surface area contributed by atoms with Crippen molar-refractivity contribution in [3.63, 3.8) is 0 Å². The van der Waals surface area contributed by atoms with E-state index in [1.54, 1.807) is 4.90 Å². The van der Waals surface area contributed by atoms with E-state index in [1.807, 2.05) is 31.3 Å². The highest BCUT2D eigenvalue weighted by molar-refractivity contribution is 6.39. The summed E-state index contributed by atoms with van der Waals surface area (Å²) in [6.07, 6.45) is 4.43. The molecule has 29 heavy (non-hydrogen) atoms. The molecule has 0 aliphatic carbocycles. The molecule has 0 radical (unpaired) electrons. The molecular formula is C21H25N5O3. The van der Waals surface area contributed by atoms with Crippen molar-refractivity contribution in [1.29, 1.82) is 0 Å². The molecule has 0 bridgehead atoms. The van der Waals surface area contributed by atoms with Gasteiger partial charge in [0, 0.05) is 25.5 Å². The fourth-order valence-electron chi connectivity index (χ4n) is 3.58. The molecule has 152 valence electrons. The van der Waals surface area contributed by atoms with Gasteiger partial charge in [0.15, 0.2) is 0 Å². The average Bonchev–Trinajstić information content (AvgIpc) is 2.73. The standard InChI is InChI=1S/C21H25N5O3/c1-13-6-7-18(14-4-3-5-16(8-14)23-2)26(12-13)21(29)20(28)25-17-9-15(19(22)27)10-24-11-17/h3-5,8-11,13,18,23H,6-7,12H2,1-2H3,(H2,22,27)(H,25,28)/t13-,18?/m0/s1. The first kappa shape index (κ1) is 20.3. The summed E-state index contributed by atoms with van der Waals surface area (Å²) in [5.74, 6) is -1.73. The number of nitrogens with zero attached hydrogens (tertiary/aromatic N) is 2. The zero-order valence-electron chi connectivity index (χ0n) is 16.5.